The molecule has 1 aliphatic heterocycles. The third-order valence-electron chi connectivity index (χ3n) is 4.74. The normalized spacial score (nSPS) is 18.1. The summed E-state index contributed by atoms with van der Waals surface area (Å²) < 4.78 is 1.57. The summed E-state index contributed by atoms with van der Waals surface area (Å²) in [5.74, 6) is 2.77. The molecule has 2 aliphatic rings. The van der Waals surface area contributed by atoms with Gasteiger partial charge in [-0.1, -0.05) is 12.8 Å². The van der Waals surface area contributed by atoms with Crippen molar-refractivity contribution in [1.29, 1.82) is 0 Å². The number of amides is 2. The summed E-state index contributed by atoms with van der Waals surface area (Å²) in [6.07, 6.45) is 11.5. The molecule has 138 valence electrons. The molecule has 0 radical (unpaired) electrons. The van der Waals surface area contributed by atoms with Gasteiger partial charge in [-0.25, -0.2) is 19.4 Å². The van der Waals surface area contributed by atoms with Crippen LogP contribution in [-0.2, 0) is 0 Å². The van der Waals surface area contributed by atoms with Gasteiger partial charge in [-0.15, -0.1) is 0 Å². The molecule has 26 heavy (non-hydrogen) atoms. The summed E-state index contributed by atoms with van der Waals surface area (Å²) >= 11 is 1.97. The van der Waals surface area contributed by atoms with Gasteiger partial charge in [0, 0.05) is 30.6 Å². The highest BCUT2D eigenvalue weighted by atomic mass is 32.2. The van der Waals surface area contributed by atoms with E-state index in [-0.39, 0.29) is 12.1 Å². The summed E-state index contributed by atoms with van der Waals surface area (Å²) in [7, 11) is 0. The van der Waals surface area contributed by atoms with E-state index in [0.717, 1.165) is 43.1 Å². The average molecular weight is 373 g/mol. The Morgan fingerprint density at radius 1 is 1.12 bits per heavy atom. The number of hydrogen-bond acceptors (Lipinski definition) is 6. The number of carbonyl (C=O) groups excluding carboxylic acids is 1. The van der Waals surface area contributed by atoms with E-state index >= 15 is 0 Å². The Morgan fingerprint density at radius 2 is 1.85 bits per heavy atom. The van der Waals surface area contributed by atoms with E-state index < -0.39 is 0 Å². The fraction of sp³-hybridized carbons (Fsp3) is 0.529. The molecule has 0 bridgehead atoms. The largest absolute Gasteiger partial charge is 0.367 e. The van der Waals surface area contributed by atoms with Crippen molar-refractivity contribution < 1.29 is 4.79 Å². The molecule has 1 aliphatic carbocycles. The second-order valence-corrected chi connectivity index (χ2v) is 7.82. The van der Waals surface area contributed by atoms with Crippen LogP contribution in [0.2, 0.25) is 0 Å². The monoisotopic (exact) mass is 373 g/mol. The van der Waals surface area contributed by atoms with Crippen molar-refractivity contribution in [2.75, 3.05) is 34.8 Å². The summed E-state index contributed by atoms with van der Waals surface area (Å²) in [4.78, 5) is 23.2. The van der Waals surface area contributed by atoms with Gasteiger partial charge in [-0.05, 0) is 12.8 Å². The van der Waals surface area contributed by atoms with Crippen molar-refractivity contribution in [1.82, 2.24) is 25.1 Å². The number of thioether (sulfide) groups is 1. The molecule has 2 N–H and O–H groups in total. The summed E-state index contributed by atoms with van der Waals surface area (Å²) in [5, 5.41) is 10.1. The standard InChI is InChI=1S/C17H23N7OS/c25-17(21-13-3-1-2-4-13)22-14-9-20-24(12-14)16-18-10-15(11-19-16)23-5-7-26-8-6-23/h9-13H,1-8H2,(H2,21,22,25). The molecule has 9 heteroatoms. The first-order valence-corrected chi connectivity index (χ1v) is 10.2. The van der Waals surface area contributed by atoms with Crippen LogP contribution in [0.15, 0.2) is 24.8 Å². The van der Waals surface area contributed by atoms with Gasteiger partial charge >= 0.3 is 6.03 Å². The van der Waals surface area contributed by atoms with Gasteiger partial charge in [-0.2, -0.15) is 16.9 Å². The Hall–Kier alpha value is -2.29. The summed E-state index contributed by atoms with van der Waals surface area (Å²) in [5.41, 5.74) is 1.66. The number of aromatic nitrogens is 4. The number of urea groups is 1. The third kappa shape index (κ3) is 4.09. The molecule has 0 aromatic carbocycles. The molecule has 1 saturated heterocycles. The average Bonchev–Trinajstić information content (AvgIpc) is 3.35. The number of anilines is 2. The van der Waals surface area contributed by atoms with Gasteiger partial charge in [0.2, 0.25) is 0 Å². The Kier molecular flexibility index (Phi) is 5.24. The minimum absolute atomic E-state index is 0.185. The van der Waals surface area contributed by atoms with Crippen molar-refractivity contribution in [2.45, 2.75) is 31.7 Å². The van der Waals surface area contributed by atoms with E-state index in [4.69, 9.17) is 0 Å². The lowest BCUT2D eigenvalue weighted by Gasteiger charge is -2.27. The molecule has 2 aromatic heterocycles. The molecule has 2 aromatic rings. The molecule has 2 amide bonds. The van der Waals surface area contributed by atoms with Crippen LogP contribution in [0.4, 0.5) is 16.2 Å². The van der Waals surface area contributed by atoms with Gasteiger partial charge in [0.05, 0.1) is 36.2 Å². The number of nitrogens with zero attached hydrogens (tertiary/aromatic N) is 5. The van der Waals surface area contributed by atoms with Crippen LogP contribution in [0.3, 0.4) is 0 Å². The summed E-state index contributed by atoms with van der Waals surface area (Å²) in [6, 6.07) is 0.102. The van der Waals surface area contributed by atoms with Gasteiger partial charge in [0.15, 0.2) is 0 Å². The first kappa shape index (κ1) is 17.1. The van der Waals surface area contributed by atoms with E-state index in [2.05, 4.69) is 30.6 Å². The van der Waals surface area contributed by atoms with Crippen LogP contribution in [-0.4, -0.2) is 56.4 Å². The maximum atomic E-state index is 12.0. The first-order valence-electron chi connectivity index (χ1n) is 9.05. The van der Waals surface area contributed by atoms with Crippen LogP contribution in [0.25, 0.3) is 5.95 Å². The maximum absolute atomic E-state index is 12.0. The van der Waals surface area contributed by atoms with Crippen molar-refractivity contribution in [3.8, 4) is 5.95 Å². The molecule has 8 nitrogen and oxygen atoms in total. The highest BCUT2D eigenvalue weighted by molar-refractivity contribution is 7.99. The Morgan fingerprint density at radius 3 is 2.58 bits per heavy atom. The molecule has 0 unspecified atom stereocenters. The highest BCUT2D eigenvalue weighted by Gasteiger charge is 2.17. The zero-order chi connectivity index (χ0) is 17.8. The van der Waals surface area contributed by atoms with Crippen LogP contribution >= 0.6 is 11.8 Å². The predicted molar refractivity (Wildman–Crippen MR) is 103 cm³/mol. The molecule has 0 atom stereocenters. The quantitative estimate of drug-likeness (QED) is 0.855. The lowest BCUT2D eigenvalue weighted by Crippen LogP contribution is -2.36. The van der Waals surface area contributed by atoms with Crippen LogP contribution < -0.4 is 15.5 Å². The Balaban J connectivity index is 1.36. The van der Waals surface area contributed by atoms with E-state index in [1.165, 1.54) is 12.8 Å². The van der Waals surface area contributed by atoms with Crippen molar-refractivity contribution in [2.24, 2.45) is 0 Å². The van der Waals surface area contributed by atoms with Crippen molar-refractivity contribution in [3.63, 3.8) is 0 Å². The summed E-state index contributed by atoms with van der Waals surface area (Å²) in [6.45, 7) is 2.05. The lowest BCUT2D eigenvalue weighted by molar-refractivity contribution is 0.248. The topological polar surface area (TPSA) is 88.0 Å². The zero-order valence-electron chi connectivity index (χ0n) is 14.6. The number of carbonyl (C=O) groups is 1. The number of rotatable bonds is 4. The molecule has 3 heterocycles. The molecule has 2 fully saturated rings. The molecule has 0 spiro atoms. The van der Waals surface area contributed by atoms with E-state index in [0.29, 0.717) is 11.6 Å². The molecule has 1 saturated carbocycles. The van der Waals surface area contributed by atoms with Gasteiger partial charge < -0.3 is 15.5 Å². The minimum Gasteiger partial charge on any atom is -0.367 e. The first-order chi connectivity index (χ1) is 12.8. The minimum atomic E-state index is -0.185. The predicted octanol–water partition coefficient (Wildman–Crippen LogP) is 2.28. The molecular weight excluding hydrogens is 350 g/mol. The Bertz CT molecular complexity index is 736. The molecule has 4 rings (SSSR count). The lowest BCUT2D eigenvalue weighted by atomic mass is 10.2. The van der Waals surface area contributed by atoms with Crippen LogP contribution in [0.5, 0.6) is 0 Å². The van der Waals surface area contributed by atoms with Crippen LogP contribution in [0, 0.1) is 0 Å². The van der Waals surface area contributed by atoms with E-state index in [9.17, 15) is 4.79 Å². The van der Waals surface area contributed by atoms with Gasteiger partial charge in [0.25, 0.3) is 5.95 Å². The highest BCUT2D eigenvalue weighted by Crippen LogP contribution is 2.19. The van der Waals surface area contributed by atoms with Crippen LogP contribution in [0.1, 0.15) is 25.7 Å². The van der Waals surface area contributed by atoms with E-state index in [1.54, 1.807) is 17.1 Å². The fourth-order valence-electron chi connectivity index (χ4n) is 3.34. The Labute approximate surface area is 156 Å². The van der Waals surface area contributed by atoms with Crippen molar-refractivity contribution in [3.05, 3.63) is 24.8 Å². The zero-order valence-corrected chi connectivity index (χ0v) is 15.4. The second-order valence-electron chi connectivity index (χ2n) is 6.59. The number of hydrogen-bond donors (Lipinski definition) is 2. The van der Waals surface area contributed by atoms with Crippen molar-refractivity contribution >= 4 is 29.2 Å². The number of nitrogens with one attached hydrogen (secondary N) is 2. The maximum Gasteiger partial charge on any atom is 0.319 e. The van der Waals surface area contributed by atoms with E-state index in [1.807, 2.05) is 24.2 Å². The van der Waals surface area contributed by atoms with Gasteiger partial charge in [-0.3, -0.25) is 0 Å². The smallest absolute Gasteiger partial charge is 0.319 e. The van der Waals surface area contributed by atoms with Gasteiger partial charge in [0.1, 0.15) is 0 Å². The fourth-order valence-corrected chi connectivity index (χ4v) is 4.24. The second kappa shape index (κ2) is 7.94. The molecular formula is C17H23N7OS. The SMILES string of the molecule is O=C(Nc1cnn(-c2ncc(N3CCSCC3)cn2)c1)NC1CCCC1. The third-order valence-corrected chi connectivity index (χ3v) is 5.68.